The Labute approximate surface area is 151 Å². The number of hydrogen-bond donors (Lipinski definition) is 1. The molecule has 0 atom stereocenters. The van der Waals surface area contributed by atoms with E-state index in [4.69, 9.17) is 4.74 Å². The first-order valence-corrected chi connectivity index (χ1v) is 9.56. The van der Waals surface area contributed by atoms with Crippen LogP contribution in [0.25, 0.3) is 0 Å². The van der Waals surface area contributed by atoms with E-state index < -0.39 is 14.9 Å². The molecule has 1 aliphatic rings. The van der Waals surface area contributed by atoms with Gasteiger partial charge in [-0.3, -0.25) is 14.8 Å². The summed E-state index contributed by atoms with van der Waals surface area (Å²) < 4.78 is 33.4. The minimum absolute atomic E-state index is 0.147. The second kappa shape index (κ2) is 7.30. The van der Waals surface area contributed by atoms with Crippen molar-refractivity contribution in [2.45, 2.75) is 11.8 Å². The fourth-order valence-corrected chi connectivity index (χ4v) is 3.89. The van der Waals surface area contributed by atoms with E-state index in [1.54, 1.807) is 19.1 Å². The summed E-state index contributed by atoms with van der Waals surface area (Å²) >= 11 is 0. The summed E-state index contributed by atoms with van der Waals surface area (Å²) in [6, 6.07) is 10.9. The summed E-state index contributed by atoms with van der Waals surface area (Å²) in [5.41, 5.74) is 1.36. The average molecular weight is 377 g/mol. The van der Waals surface area contributed by atoms with Crippen molar-refractivity contribution in [3.8, 4) is 0 Å². The third kappa shape index (κ3) is 3.78. The molecule has 1 fully saturated rings. The Kier molecular flexibility index (Phi) is 5.10. The molecular formula is C17H19N3O5S. The molecule has 0 bridgehead atoms. The van der Waals surface area contributed by atoms with Crippen molar-refractivity contribution < 1.29 is 18.1 Å². The zero-order chi connectivity index (χ0) is 18.7. The van der Waals surface area contributed by atoms with E-state index in [-0.39, 0.29) is 10.6 Å². The average Bonchev–Trinajstić information content (AvgIpc) is 2.62. The molecule has 9 heteroatoms. The fraction of sp³-hybridized carbons (Fsp3) is 0.294. The fourth-order valence-electron chi connectivity index (χ4n) is 2.80. The van der Waals surface area contributed by atoms with E-state index in [1.165, 1.54) is 12.1 Å². The number of nitro benzene ring substituents is 1. The number of rotatable bonds is 5. The molecular weight excluding hydrogens is 358 g/mol. The topological polar surface area (TPSA) is 102 Å². The lowest BCUT2D eigenvalue weighted by Gasteiger charge is -2.30. The summed E-state index contributed by atoms with van der Waals surface area (Å²) in [6.45, 7) is 4.04. The van der Waals surface area contributed by atoms with Crippen molar-refractivity contribution in [1.82, 2.24) is 0 Å². The Morgan fingerprint density at radius 3 is 2.54 bits per heavy atom. The maximum absolute atomic E-state index is 12.7. The van der Waals surface area contributed by atoms with E-state index in [1.807, 2.05) is 17.0 Å². The molecule has 2 aromatic rings. The number of sulfonamides is 1. The Morgan fingerprint density at radius 1 is 1.15 bits per heavy atom. The van der Waals surface area contributed by atoms with Gasteiger partial charge in [0.15, 0.2) is 0 Å². The van der Waals surface area contributed by atoms with E-state index in [2.05, 4.69) is 4.72 Å². The van der Waals surface area contributed by atoms with Crippen molar-refractivity contribution >= 4 is 27.1 Å². The van der Waals surface area contributed by atoms with E-state index >= 15 is 0 Å². The second-order valence-corrected chi connectivity index (χ2v) is 7.61. The Balaban J connectivity index is 1.93. The normalized spacial score (nSPS) is 14.9. The number of aryl methyl sites for hydroxylation is 1. The van der Waals surface area contributed by atoms with Crippen LogP contribution in [0.2, 0.25) is 0 Å². The van der Waals surface area contributed by atoms with Gasteiger partial charge < -0.3 is 9.64 Å². The molecule has 0 spiro atoms. The highest BCUT2D eigenvalue weighted by atomic mass is 32.2. The number of nitrogens with one attached hydrogen (secondary N) is 1. The molecule has 0 aromatic heterocycles. The number of hydrogen-bond acceptors (Lipinski definition) is 6. The summed E-state index contributed by atoms with van der Waals surface area (Å²) in [4.78, 5) is 12.4. The van der Waals surface area contributed by atoms with Gasteiger partial charge in [-0.2, -0.15) is 0 Å². The van der Waals surface area contributed by atoms with Gasteiger partial charge in [-0.1, -0.05) is 18.2 Å². The van der Waals surface area contributed by atoms with E-state index in [0.717, 1.165) is 11.8 Å². The van der Waals surface area contributed by atoms with Gasteiger partial charge in [-0.25, -0.2) is 8.42 Å². The predicted molar refractivity (Wildman–Crippen MR) is 98.1 cm³/mol. The highest BCUT2D eigenvalue weighted by Gasteiger charge is 2.22. The van der Waals surface area contributed by atoms with Crippen LogP contribution in [0.5, 0.6) is 0 Å². The second-order valence-electron chi connectivity index (χ2n) is 5.93. The van der Waals surface area contributed by atoms with Crippen molar-refractivity contribution in [2.75, 3.05) is 35.9 Å². The number of anilines is 2. The largest absolute Gasteiger partial charge is 0.378 e. The van der Waals surface area contributed by atoms with Gasteiger partial charge in [0.1, 0.15) is 0 Å². The molecule has 0 saturated carbocycles. The smallest absolute Gasteiger partial charge is 0.273 e. The van der Waals surface area contributed by atoms with Crippen molar-refractivity contribution in [3.05, 3.63) is 58.1 Å². The van der Waals surface area contributed by atoms with Crippen molar-refractivity contribution in [2.24, 2.45) is 0 Å². The molecule has 0 amide bonds. The van der Waals surface area contributed by atoms with Crippen LogP contribution in [0.1, 0.15) is 5.56 Å². The molecule has 1 heterocycles. The zero-order valence-corrected chi connectivity index (χ0v) is 15.0. The number of benzene rings is 2. The molecule has 1 N–H and O–H groups in total. The Morgan fingerprint density at radius 2 is 1.85 bits per heavy atom. The molecule has 138 valence electrons. The minimum Gasteiger partial charge on any atom is -0.378 e. The third-order valence-electron chi connectivity index (χ3n) is 4.19. The highest BCUT2D eigenvalue weighted by molar-refractivity contribution is 7.92. The maximum atomic E-state index is 12.7. The summed E-state index contributed by atoms with van der Waals surface area (Å²) in [5, 5.41) is 11.1. The quantitative estimate of drug-likeness (QED) is 0.635. The van der Waals surface area contributed by atoms with Crippen LogP contribution in [-0.4, -0.2) is 39.6 Å². The van der Waals surface area contributed by atoms with E-state index in [9.17, 15) is 18.5 Å². The number of morpholine rings is 1. The van der Waals surface area contributed by atoms with Gasteiger partial charge in [0.2, 0.25) is 0 Å². The first-order valence-electron chi connectivity index (χ1n) is 8.08. The number of ether oxygens (including phenoxy) is 1. The van der Waals surface area contributed by atoms with E-state index in [0.29, 0.717) is 37.6 Å². The lowest BCUT2D eigenvalue weighted by atomic mass is 10.2. The zero-order valence-electron chi connectivity index (χ0n) is 14.2. The van der Waals surface area contributed by atoms with Gasteiger partial charge in [0.25, 0.3) is 15.7 Å². The van der Waals surface area contributed by atoms with Crippen LogP contribution >= 0.6 is 0 Å². The molecule has 1 aliphatic heterocycles. The molecule has 0 unspecified atom stereocenters. The number of nitro groups is 1. The molecule has 3 rings (SSSR count). The van der Waals surface area contributed by atoms with Crippen LogP contribution < -0.4 is 9.62 Å². The van der Waals surface area contributed by atoms with Gasteiger partial charge >= 0.3 is 0 Å². The lowest BCUT2D eigenvalue weighted by Crippen LogP contribution is -2.36. The van der Waals surface area contributed by atoms with Gasteiger partial charge in [-0.15, -0.1) is 0 Å². The summed E-state index contributed by atoms with van der Waals surface area (Å²) in [6.07, 6.45) is 0. The van der Waals surface area contributed by atoms with Gasteiger partial charge in [0.05, 0.1) is 34.4 Å². The van der Waals surface area contributed by atoms with Crippen LogP contribution in [0.4, 0.5) is 17.1 Å². The third-order valence-corrected chi connectivity index (χ3v) is 5.55. The van der Waals surface area contributed by atoms with Gasteiger partial charge in [0, 0.05) is 24.7 Å². The van der Waals surface area contributed by atoms with Crippen LogP contribution in [0.3, 0.4) is 0 Å². The van der Waals surface area contributed by atoms with Crippen molar-refractivity contribution in [1.29, 1.82) is 0 Å². The molecule has 26 heavy (non-hydrogen) atoms. The first kappa shape index (κ1) is 18.2. The Bertz CT molecular complexity index is 924. The molecule has 0 aliphatic carbocycles. The predicted octanol–water partition coefficient (Wildman–Crippen LogP) is 2.54. The molecule has 2 aromatic carbocycles. The molecule has 1 saturated heterocycles. The highest BCUT2D eigenvalue weighted by Crippen LogP contribution is 2.30. The first-order chi connectivity index (χ1) is 12.4. The monoisotopic (exact) mass is 377 g/mol. The maximum Gasteiger partial charge on any atom is 0.273 e. The van der Waals surface area contributed by atoms with Crippen molar-refractivity contribution in [3.63, 3.8) is 0 Å². The Hall–Kier alpha value is -2.65. The van der Waals surface area contributed by atoms with Gasteiger partial charge in [-0.05, 0) is 25.1 Å². The minimum atomic E-state index is -3.96. The van der Waals surface area contributed by atoms with Crippen LogP contribution in [-0.2, 0) is 14.8 Å². The number of para-hydroxylation sites is 2. The molecule has 0 radical (unpaired) electrons. The summed E-state index contributed by atoms with van der Waals surface area (Å²) in [7, 11) is -3.96. The SMILES string of the molecule is Cc1ccc(S(=O)(=O)Nc2ccccc2N2CCOCC2)cc1[N+](=O)[O-]. The van der Waals surface area contributed by atoms with Crippen LogP contribution in [0, 0.1) is 17.0 Å². The van der Waals surface area contributed by atoms with Crippen LogP contribution in [0.15, 0.2) is 47.4 Å². The standard InChI is InChI=1S/C17H19N3O5S/c1-13-6-7-14(12-17(13)20(21)22)26(23,24)18-15-4-2-3-5-16(15)19-8-10-25-11-9-19/h2-7,12,18H,8-11H2,1H3. The number of nitrogens with zero attached hydrogens (tertiary/aromatic N) is 2. The summed E-state index contributed by atoms with van der Waals surface area (Å²) in [5.74, 6) is 0. The molecule has 8 nitrogen and oxygen atoms in total. The lowest BCUT2D eigenvalue weighted by molar-refractivity contribution is -0.385.